The first-order valence-corrected chi connectivity index (χ1v) is 7.11. The van der Waals surface area contributed by atoms with Crippen molar-refractivity contribution in [3.8, 4) is 0 Å². The molecule has 0 amide bonds. The van der Waals surface area contributed by atoms with E-state index in [1.54, 1.807) is 6.20 Å². The third-order valence-corrected chi connectivity index (χ3v) is 3.37. The van der Waals surface area contributed by atoms with Crippen LogP contribution in [-0.2, 0) is 0 Å². The molecule has 1 rings (SSSR count). The van der Waals surface area contributed by atoms with Crippen molar-refractivity contribution < 1.29 is 0 Å². The first kappa shape index (κ1) is 15.9. The number of unbranched alkanes of at least 4 members (excludes halogenated alkanes) is 1. The van der Waals surface area contributed by atoms with E-state index in [0.717, 1.165) is 25.2 Å². The Balaban J connectivity index is 2.21. The van der Waals surface area contributed by atoms with Gasteiger partial charge >= 0.3 is 0 Å². The van der Waals surface area contributed by atoms with Gasteiger partial charge in [-0.15, -0.1) is 0 Å². The predicted molar refractivity (Wildman–Crippen MR) is 85.6 cm³/mol. The van der Waals surface area contributed by atoms with Crippen molar-refractivity contribution in [3.63, 3.8) is 0 Å². The lowest BCUT2D eigenvalue weighted by atomic mass is 10.2. The maximum Gasteiger partial charge on any atom is 0.122 e. The molecule has 0 spiro atoms. The van der Waals surface area contributed by atoms with E-state index < -0.39 is 0 Å². The smallest absolute Gasteiger partial charge is 0.122 e. The molecule has 106 valence electrons. The van der Waals surface area contributed by atoms with Gasteiger partial charge in [-0.2, -0.15) is 0 Å². The SMILES string of the molecule is CC(C)N(C)CCCCNc1ccc(C(N)=S)nc1. The Kier molecular flexibility index (Phi) is 6.73. The van der Waals surface area contributed by atoms with E-state index in [2.05, 4.69) is 36.1 Å². The minimum absolute atomic E-state index is 0.336. The van der Waals surface area contributed by atoms with E-state index in [4.69, 9.17) is 18.0 Å². The molecule has 0 bridgehead atoms. The van der Waals surface area contributed by atoms with Crippen LogP contribution >= 0.6 is 12.2 Å². The van der Waals surface area contributed by atoms with Crippen LogP contribution in [0.1, 0.15) is 32.4 Å². The van der Waals surface area contributed by atoms with Crippen molar-refractivity contribution in [2.75, 3.05) is 25.5 Å². The summed E-state index contributed by atoms with van der Waals surface area (Å²) in [5, 5.41) is 3.35. The van der Waals surface area contributed by atoms with Crippen molar-refractivity contribution in [3.05, 3.63) is 24.0 Å². The fraction of sp³-hybridized carbons (Fsp3) is 0.571. The summed E-state index contributed by atoms with van der Waals surface area (Å²) in [4.78, 5) is 6.89. The van der Waals surface area contributed by atoms with Crippen LogP contribution in [0.5, 0.6) is 0 Å². The van der Waals surface area contributed by atoms with E-state index >= 15 is 0 Å². The topological polar surface area (TPSA) is 54.2 Å². The molecule has 19 heavy (non-hydrogen) atoms. The van der Waals surface area contributed by atoms with Crippen LogP contribution in [0.15, 0.2) is 18.3 Å². The van der Waals surface area contributed by atoms with E-state index in [1.165, 1.54) is 6.42 Å². The summed E-state index contributed by atoms with van der Waals surface area (Å²) in [6.07, 6.45) is 4.11. The minimum atomic E-state index is 0.336. The van der Waals surface area contributed by atoms with Crippen molar-refractivity contribution in [1.29, 1.82) is 0 Å². The van der Waals surface area contributed by atoms with E-state index in [0.29, 0.717) is 16.7 Å². The van der Waals surface area contributed by atoms with Gasteiger partial charge in [-0.1, -0.05) is 12.2 Å². The first-order chi connectivity index (χ1) is 9.00. The van der Waals surface area contributed by atoms with Gasteiger partial charge < -0.3 is 16.0 Å². The summed E-state index contributed by atoms with van der Waals surface area (Å²) in [5.74, 6) is 0. The van der Waals surface area contributed by atoms with Gasteiger partial charge in [0.15, 0.2) is 0 Å². The zero-order valence-corrected chi connectivity index (χ0v) is 12.8. The average molecular weight is 280 g/mol. The zero-order valence-electron chi connectivity index (χ0n) is 12.0. The van der Waals surface area contributed by atoms with Gasteiger partial charge in [0.05, 0.1) is 17.6 Å². The lowest BCUT2D eigenvalue weighted by Crippen LogP contribution is -2.27. The fourth-order valence-corrected chi connectivity index (χ4v) is 1.74. The third-order valence-electron chi connectivity index (χ3n) is 3.16. The predicted octanol–water partition coefficient (Wildman–Crippen LogP) is 2.25. The highest BCUT2D eigenvalue weighted by atomic mass is 32.1. The van der Waals surface area contributed by atoms with Gasteiger partial charge in [0.2, 0.25) is 0 Å². The molecule has 0 radical (unpaired) electrons. The van der Waals surface area contributed by atoms with Crippen LogP contribution < -0.4 is 11.1 Å². The zero-order chi connectivity index (χ0) is 14.3. The molecule has 0 saturated carbocycles. The molecule has 0 aliphatic carbocycles. The molecule has 1 heterocycles. The quantitative estimate of drug-likeness (QED) is 0.565. The number of nitrogens with two attached hydrogens (primary N) is 1. The Morgan fingerprint density at radius 3 is 2.68 bits per heavy atom. The minimum Gasteiger partial charge on any atom is -0.388 e. The summed E-state index contributed by atoms with van der Waals surface area (Å²) in [6, 6.07) is 4.42. The van der Waals surface area contributed by atoms with Crippen LogP contribution in [0.2, 0.25) is 0 Å². The Labute approximate surface area is 121 Å². The number of anilines is 1. The van der Waals surface area contributed by atoms with Crippen molar-refractivity contribution >= 4 is 22.9 Å². The molecule has 0 unspecified atom stereocenters. The molecule has 5 heteroatoms. The number of nitrogens with one attached hydrogen (secondary N) is 1. The third kappa shape index (κ3) is 5.98. The lowest BCUT2D eigenvalue weighted by molar-refractivity contribution is 0.269. The van der Waals surface area contributed by atoms with E-state index in [9.17, 15) is 0 Å². The van der Waals surface area contributed by atoms with Crippen molar-refractivity contribution in [2.45, 2.75) is 32.7 Å². The highest BCUT2D eigenvalue weighted by Crippen LogP contribution is 2.06. The number of aromatic nitrogens is 1. The number of pyridine rings is 1. The monoisotopic (exact) mass is 280 g/mol. The molecular formula is C14H24N4S. The molecule has 0 aliphatic heterocycles. The standard InChI is InChI=1S/C14H24N4S/c1-11(2)18(3)9-5-4-8-16-12-6-7-13(14(15)19)17-10-12/h6-7,10-11,16H,4-5,8-9H2,1-3H3,(H2,15,19). The van der Waals surface area contributed by atoms with Crippen LogP contribution in [0, 0.1) is 0 Å². The number of rotatable bonds is 8. The molecule has 3 N–H and O–H groups in total. The average Bonchev–Trinajstić information content (AvgIpc) is 2.38. The summed E-state index contributed by atoms with van der Waals surface area (Å²) in [6.45, 7) is 6.53. The molecule has 1 aromatic rings. The Morgan fingerprint density at radius 2 is 2.16 bits per heavy atom. The maximum absolute atomic E-state index is 5.50. The van der Waals surface area contributed by atoms with Gasteiger partial charge in [-0.3, -0.25) is 4.98 Å². The second-order valence-electron chi connectivity index (χ2n) is 5.00. The van der Waals surface area contributed by atoms with E-state index in [-0.39, 0.29) is 0 Å². The van der Waals surface area contributed by atoms with Crippen LogP contribution in [0.4, 0.5) is 5.69 Å². The fourth-order valence-electron chi connectivity index (χ4n) is 1.62. The van der Waals surface area contributed by atoms with E-state index in [1.807, 2.05) is 12.1 Å². The first-order valence-electron chi connectivity index (χ1n) is 6.70. The summed E-state index contributed by atoms with van der Waals surface area (Å²) < 4.78 is 0. The number of hydrogen-bond acceptors (Lipinski definition) is 4. The molecule has 0 fully saturated rings. The van der Waals surface area contributed by atoms with Gasteiger partial charge in [0, 0.05) is 12.6 Å². The van der Waals surface area contributed by atoms with Crippen LogP contribution in [0.3, 0.4) is 0 Å². The molecule has 0 aromatic carbocycles. The maximum atomic E-state index is 5.50. The summed E-state index contributed by atoms with van der Waals surface area (Å²) >= 11 is 4.86. The Morgan fingerprint density at radius 1 is 1.42 bits per heavy atom. The van der Waals surface area contributed by atoms with Crippen molar-refractivity contribution in [1.82, 2.24) is 9.88 Å². The largest absolute Gasteiger partial charge is 0.388 e. The van der Waals surface area contributed by atoms with Gasteiger partial charge in [-0.05, 0) is 52.4 Å². The lowest BCUT2D eigenvalue weighted by Gasteiger charge is -2.20. The highest BCUT2D eigenvalue weighted by molar-refractivity contribution is 7.80. The Bertz CT molecular complexity index is 389. The molecule has 0 aliphatic rings. The second kappa shape index (κ2) is 8.07. The summed E-state index contributed by atoms with van der Waals surface area (Å²) in [5.41, 5.74) is 7.18. The van der Waals surface area contributed by atoms with Crippen LogP contribution in [0.25, 0.3) is 0 Å². The van der Waals surface area contributed by atoms with Gasteiger partial charge in [0.25, 0.3) is 0 Å². The van der Waals surface area contributed by atoms with Gasteiger partial charge in [0.1, 0.15) is 4.99 Å². The second-order valence-corrected chi connectivity index (χ2v) is 5.44. The molecule has 0 atom stereocenters. The van der Waals surface area contributed by atoms with Gasteiger partial charge in [-0.25, -0.2) is 0 Å². The molecule has 4 nitrogen and oxygen atoms in total. The molecular weight excluding hydrogens is 256 g/mol. The number of thiocarbonyl (C=S) groups is 1. The molecule has 1 aromatic heterocycles. The summed E-state index contributed by atoms with van der Waals surface area (Å²) in [7, 11) is 2.16. The number of nitrogens with zero attached hydrogens (tertiary/aromatic N) is 2. The van der Waals surface area contributed by atoms with Crippen molar-refractivity contribution in [2.24, 2.45) is 5.73 Å². The normalized spacial score (nSPS) is 11.0. The Hall–Kier alpha value is -1.20. The van der Waals surface area contributed by atoms with Crippen LogP contribution in [-0.4, -0.2) is 41.1 Å². The molecule has 0 saturated heterocycles. The number of hydrogen-bond donors (Lipinski definition) is 2. The highest BCUT2D eigenvalue weighted by Gasteiger charge is 2.02.